The number of rotatable bonds is 7. The Hall–Kier alpha value is -3.61. The van der Waals surface area contributed by atoms with Crippen LogP contribution in [0, 0.1) is 6.92 Å². The normalized spacial score (nSPS) is 12.4. The molecule has 0 radical (unpaired) electrons. The van der Waals surface area contributed by atoms with Gasteiger partial charge in [-0.15, -0.1) is 10.2 Å². The summed E-state index contributed by atoms with van der Waals surface area (Å²) in [4.78, 5) is 2.35. The summed E-state index contributed by atoms with van der Waals surface area (Å²) >= 11 is 0. The highest BCUT2D eigenvalue weighted by atomic mass is 16.5. The van der Waals surface area contributed by atoms with Gasteiger partial charge in [-0.2, -0.15) is 9.61 Å². The predicted octanol–water partition coefficient (Wildman–Crippen LogP) is 4.81. The van der Waals surface area contributed by atoms with Gasteiger partial charge in [-0.3, -0.25) is 0 Å². The van der Waals surface area contributed by atoms with Gasteiger partial charge in [0.1, 0.15) is 11.5 Å². The number of hydrogen-bond donors (Lipinski definition) is 0. The van der Waals surface area contributed by atoms with Crippen molar-refractivity contribution in [1.82, 2.24) is 19.8 Å². The smallest absolute Gasteiger partial charge is 0.189 e. The third kappa shape index (κ3) is 4.55. The van der Waals surface area contributed by atoms with E-state index in [1.807, 2.05) is 22.7 Å². The summed E-state index contributed by atoms with van der Waals surface area (Å²) in [6.45, 7) is 15.0. The molecule has 0 aliphatic heterocycles. The number of nitrogens with zero attached hydrogens (tertiary/aromatic N) is 5. The Morgan fingerprint density at radius 2 is 1.71 bits per heavy atom. The molecule has 0 N–H and O–H groups in total. The van der Waals surface area contributed by atoms with Gasteiger partial charge >= 0.3 is 0 Å². The molecule has 2 aromatic heterocycles. The maximum Gasteiger partial charge on any atom is 0.189 e. The molecule has 7 heteroatoms. The van der Waals surface area contributed by atoms with Gasteiger partial charge in [-0.25, -0.2) is 0 Å². The summed E-state index contributed by atoms with van der Waals surface area (Å²) in [5, 5.41) is 15.1. The van der Waals surface area contributed by atoms with E-state index in [2.05, 4.69) is 80.9 Å². The van der Waals surface area contributed by atoms with E-state index >= 15 is 0 Å². The standard InChI is InChI=1S/C28H35N5O2/c1-9-32(10-2)20-12-11-19(18(3)15-20)16-23-25(28(4,5)6)31-33-26(29-30-27(23)33)22-17-21(34-7)13-14-24(22)35-8/h11-17H,9-10H2,1-8H3/b23-16-. The molecular formula is C28H35N5O2. The topological polar surface area (TPSA) is 64.8 Å². The second-order valence-corrected chi connectivity index (χ2v) is 9.70. The van der Waals surface area contributed by atoms with Crippen molar-refractivity contribution in [3.8, 4) is 22.9 Å². The number of ether oxygens (including phenoxy) is 2. The molecule has 0 aliphatic carbocycles. The van der Waals surface area contributed by atoms with Crippen LogP contribution in [0.15, 0.2) is 36.4 Å². The highest BCUT2D eigenvalue weighted by molar-refractivity contribution is 5.70. The summed E-state index contributed by atoms with van der Waals surface area (Å²) < 4.78 is 12.9. The minimum Gasteiger partial charge on any atom is -0.497 e. The minimum atomic E-state index is -0.183. The van der Waals surface area contributed by atoms with Crippen LogP contribution in [0.3, 0.4) is 0 Å². The van der Waals surface area contributed by atoms with Crippen LogP contribution in [0.5, 0.6) is 11.5 Å². The number of fused-ring (bicyclic) bond motifs is 1. The number of methoxy groups -OCH3 is 2. The quantitative estimate of drug-likeness (QED) is 0.384. The van der Waals surface area contributed by atoms with Gasteiger partial charge < -0.3 is 14.4 Å². The molecule has 0 amide bonds. The molecule has 35 heavy (non-hydrogen) atoms. The van der Waals surface area contributed by atoms with E-state index in [0.717, 1.165) is 46.5 Å². The van der Waals surface area contributed by atoms with Crippen LogP contribution in [-0.4, -0.2) is 47.1 Å². The maximum absolute atomic E-state index is 5.61. The fourth-order valence-corrected chi connectivity index (χ4v) is 4.41. The zero-order valence-electron chi connectivity index (χ0n) is 22.0. The Morgan fingerprint density at radius 3 is 2.31 bits per heavy atom. The molecule has 0 atom stereocenters. The third-order valence-corrected chi connectivity index (χ3v) is 6.38. The minimum absolute atomic E-state index is 0.183. The zero-order valence-corrected chi connectivity index (χ0v) is 22.0. The van der Waals surface area contributed by atoms with Crippen molar-refractivity contribution in [2.45, 2.75) is 47.0 Å². The van der Waals surface area contributed by atoms with E-state index in [4.69, 9.17) is 14.6 Å². The van der Waals surface area contributed by atoms with Gasteiger partial charge in [0.05, 0.1) is 25.5 Å². The second kappa shape index (κ2) is 9.56. The van der Waals surface area contributed by atoms with Crippen LogP contribution in [0.1, 0.15) is 51.4 Å². The molecule has 0 saturated heterocycles. The van der Waals surface area contributed by atoms with E-state index in [0.29, 0.717) is 11.6 Å². The summed E-state index contributed by atoms with van der Waals surface area (Å²) in [6.07, 6.45) is 2.19. The molecule has 0 spiro atoms. The summed E-state index contributed by atoms with van der Waals surface area (Å²) in [6, 6.07) is 12.3. The van der Waals surface area contributed by atoms with Crippen molar-refractivity contribution in [2.24, 2.45) is 0 Å². The summed E-state index contributed by atoms with van der Waals surface area (Å²) in [5.74, 6) is 2.03. The fourth-order valence-electron chi connectivity index (χ4n) is 4.41. The van der Waals surface area contributed by atoms with Gasteiger partial charge in [0.25, 0.3) is 0 Å². The summed E-state index contributed by atoms with van der Waals surface area (Å²) in [5.41, 5.74) is 5.88. The number of anilines is 1. The highest BCUT2D eigenvalue weighted by Crippen LogP contribution is 2.32. The molecule has 0 fully saturated rings. The lowest BCUT2D eigenvalue weighted by Crippen LogP contribution is -2.22. The van der Waals surface area contributed by atoms with Crippen LogP contribution >= 0.6 is 0 Å². The Morgan fingerprint density at radius 1 is 0.971 bits per heavy atom. The third-order valence-electron chi connectivity index (χ3n) is 6.38. The number of hydrogen-bond acceptors (Lipinski definition) is 6. The van der Waals surface area contributed by atoms with Gasteiger partial charge in [0.15, 0.2) is 11.5 Å². The second-order valence-electron chi connectivity index (χ2n) is 9.70. The summed E-state index contributed by atoms with van der Waals surface area (Å²) in [7, 11) is 3.29. The largest absolute Gasteiger partial charge is 0.497 e. The molecule has 0 aliphatic rings. The zero-order chi connectivity index (χ0) is 25.3. The lowest BCUT2D eigenvalue weighted by atomic mass is 9.90. The van der Waals surface area contributed by atoms with Gasteiger partial charge in [0, 0.05) is 29.4 Å². The van der Waals surface area contributed by atoms with Crippen LogP contribution in [0.4, 0.5) is 5.69 Å². The first-order valence-electron chi connectivity index (χ1n) is 12.1. The van der Waals surface area contributed by atoms with Crippen LogP contribution in [0.2, 0.25) is 0 Å². The molecular weight excluding hydrogens is 438 g/mol. The molecule has 2 heterocycles. The van der Waals surface area contributed by atoms with E-state index in [1.54, 1.807) is 14.2 Å². The SMILES string of the molecule is CCN(CC)c1ccc(/C=c2/c(C(C)(C)C)nn3c(-c4cc(OC)ccc4OC)nnc23)c(C)c1. The average molecular weight is 474 g/mol. The Kier molecular flexibility index (Phi) is 6.70. The molecule has 0 saturated carbocycles. The highest BCUT2D eigenvalue weighted by Gasteiger charge is 2.25. The Bertz CT molecular complexity index is 1400. The first-order valence-corrected chi connectivity index (χ1v) is 12.1. The molecule has 4 aromatic rings. The average Bonchev–Trinajstić information content (AvgIpc) is 3.41. The molecule has 184 valence electrons. The van der Waals surface area contributed by atoms with Crippen LogP contribution in [0.25, 0.3) is 23.1 Å². The van der Waals surface area contributed by atoms with E-state index in [-0.39, 0.29) is 5.41 Å². The van der Waals surface area contributed by atoms with Crippen LogP contribution < -0.4 is 19.6 Å². The van der Waals surface area contributed by atoms with Gasteiger partial charge in [-0.05, 0) is 68.3 Å². The molecule has 4 rings (SSSR count). The van der Waals surface area contributed by atoms with Crippen molar-refractivity contribution < 1.29 is 9.47 Å². The molecule has 0 bridgehead atoms. The molecule has 2 aromatic carbocycles. The number of aromatic nitrogens is 4. The van der Waals surface area contributed by atoms with Crippen LogP contribution in [-0.2, 0) is 5.41 Å². The van der Waals surface area contributed by atoms with Crippen molar-refractivity contribution in [3.63, 3.8) is 0 Å². The fraction of sp³-hybridized carbons (Fsp3) is 0.393. The maximum atomic E-state index is 5.61. The van der Waals surface area contributed by atoms with Gasteiger partial charge in [0.2, 0.25) is 0 Å². The predicted molar refractivity (Wildman–Crippen MR) is 142 cm³/mol. The van der Waals surface area contributed by atoms with Crippen molar-refractivity contribution in [2.75, 3.05) is 32.2 Å². The lowest BCUT2D eigenvalue weighted by molar-refractivity contribution is 0.404. The van der Waals surface area contributed by atoms with Crippen molar-refractivity contribution in [3.05, 3.63) is 58.4 Å². The molecule has 0 unspecified atom stereocenters. The van der Waals surface area contributed by atoms with Gasteiger partial charge in [-0.1, -0.05) is 26.8 Å². The van der Waals surface area contributed by atoms with E-state index < -0.39 is 0 Å². The number of benzene rings is 2. The van der Waals surface area contributed by atoms with E-state index in [9.17, 15) is 0 Å². The van der Waals surface area contributed by atoms with Crippen molar-refractivity contribution >= 4 is 17.4 Å². The first kappa shape index (κ1) is 24.5. The number of aryl methyl sites for hydroxylation is 1. The Labute approximate surface area is 207 Å². The van der Waals surface area contributed by atoms with Crippen molar-refractivity contribution in [1.29, 1.82) is 0 Å². The van der Waals surface area contributed by atoms with E-state index in [1.165, 1.54) is 11.3 Å². The first-order chi connectivity index (χ1) is 16.7. The lowest BCUT2D eigenvalue weighted by Gasteiger charge is -2.22. The monoisotopic (exact) mass is 473 g/mol. The molecule has 7 nitrogen and oxygen atoms in total. The Balaban J connectivity index is 1.94.